The van der Waals surface area contributed by atoms with E-state index in [0.717, 1.165) is 0 Å². The van der Waals surface area contributed by atoms with Crippen LogP contribution in [0.2, 0.25) is 0 Å². The number of carbonyl (C=O) groups is 1. The topological polar surface area (TPSA) is 73.9 Å². The maximum absolute atomic E-state index is 12.6. The Kier molecular flexibility index (Phi) is 9.26. The minimum Gasteiger partial charge on any atom is -0.462 e. The Morgan fingerprint density at radius 3 is 2.43 bits per heavy atom. The number of esters is 1. The molecule has 1 N–H and O–H groups in total. The molecule has 122 valence electrons. The number of hydrogen-bond acceptors (Lipinski definition) is 5. The van der Waals surface area contributed by atoms with Crippen LogP contribution in [0, 0.1) is 0 Å². The van der Waals surface area contributed by atoms with Crippen molar-refractivity contribution in [2.45, 2.75) is 53.7 Å². The number of hydrogen-bond donors (Lipinski definition) is 1. The highest BCUT2D eigenvalue weighted by Gasteiger charge is 2.31. The van der Waals surface area contributed by atoms with Crippen LogP contribution in [0.4, 0.5) is 0 Å². The van der Waals surface area contributed by atoms with Gasteiger partial charge in [0.25, 0.3) is 0 Å². The third kappa shape index (κ3) is 8.71. The van der Waals surface area contributed by atoms with Crippen LogP contribution in [0.5, 0.6) is 0 Å². The fraction of sp³-hybridized carbons (Fsp3) is 0.643. The lowest BCUT2D eigenvalue weighted by atomic mass is 10.4. The van der Waals surface area contributed by atoms with E-state index >= 15 is 0 Å². The van der Waals surface area contributed by atoms with Gasteiger partial charge < -0.3 is 9.26 Å². The lowest BCUT2D eigenvalue weighted by Gasteiger charge is -2.23. The smallest absolute Gasteiger partial charge is 0.459 e. The van der Waals surface area contributed by atoms with Gasteiger partial charge in [0, 0.05) is 0 Å². The molecule has 0 aliphatic rings. The summed E-state index contributed by atoms with van der Waals surface area (Å²) in [6.45, 7) is 10.4. The first kappa shape index (κ1) is 19.9. The van der Waals surface area contributed by atoms with E-state index < -0.39 is 19.8 Å². The van der Waals surface area contributed by atoms with Crippen LogP contribution in [0.1, 0.15) is 41.5 Å². The lowest BCUT2D eigenvalue weighted by molar-refractivity contribution is -0.149. The third-order valence-corrected chi connectivity index (χ3v) is 3.97. The number of carbonyl (C=O) groups excluding carboxylic acids is 1. The molecule has 0 radical (unpaired) electrons. The van der Waals surface area contributed by atoms with Crippen molar-refractivity contribution in [1.82, 2.24) is 5.09 Å². The summed E-state index contributed by atoms with van der Waals surface area (Å²) in [6, 6.07) is -0.806. The fourth-order valence-electron chi connectivity index (χ4n) is 1.34. The van der Waals surface area contributed by atoms with E-state index in [9.17, 15) is 9.36 Å². The molecular weight excluding hydrogens is 293 g/mol. The second kappa shape index (κ2) is 9.77. The maximum atomic E-state index is 12.6. The second-order valence-electron chi connectivity index (χ2n) is 4.65. The maximum Gasteiger partial charge on any atom is 0.459 e. The van der Waals surface area contributed by atoms with E-state index in [0.29, 0.717) is 5.76 Å². The Morgan fingerprint density at radius 2 is 1.95 bits per heavy atom. The van der Waals surface area contributed by atoms with E-state index in [2.05, 4.69) is 5.09 Å². The predicted molar refractivity (Wildman–Crippen MR) is 82.7 cm³/mol. The molecule has 0 spiro atoms. The molecule has 7 heteroatoms. The van der Waals surface area contributed by atoms with Gasteiger partial charge >= 0.3 is 13.7 Å². The van der Waals surface area contributed by atoms with Crippen molar-refractivity contribution in [1.29, 1.82) is 0 Å². The van der Waals surface area contributed by atoms with Gasteiger partial charge in [0.15, 0.2) is 0 Å². The molecule has 0 bridgehead atoms. The first-order chi connectivity index (χ1) is 9.74. The van der Waals surface area contributed by atoms with Gasteiger partial charge in [-0.1, -0.05) is 12.2 Å². The summed E-state index contributed by atoms with van der Waals surface area (Å²) in [4.78, 5) is 11.8. The molecule has 0 amide bonds. The lowest BCUT2D eigenvalue weighted by Crippen LogP contribution is -2.35. The summed E-state index contributed by atoms with van der Waals surface area (Å²) in [7, 11) is -3.62. The van der Waals surface area contributed by atoms with Crippen molar-refractivity contribution in [3.8, 4) is 0 Å². The normalized spacial score (nSPS) is 16.8. The van der Waals surface area contributed by atoms with Crippen molar-refractivity contribution in [2.24, 2.45) is 0 Å². The van der Waals surface area contributed by atoms with Crippen molar-refractivity contribution in [3.05, 3.63) is 24.0 Å². The van der Waals surface area contributed by atoms with Gasteiger partial charge in [-0.2, -0.15) is 5.09 Å². The molecule has 0 aromatic rings. The molecule has 0 aliphatic heterocycles. The van der Waals surface area contributed by atoms with Gasteiger partial charge in [-0.05, 0) is 47.6 Å². The number of rotatable bonds is 9. The van der Waals surface area contributed by atoms with E-state index in [1.165, 1.54) is 0 Å². The summed E-state index contributed by atoms with van der Waals surface area (Å²) in [5, 5.41) is 2.58. The van der Waals surface area contributed by atoms with Gasteiger partial charge in [0.05, 0.1) is 12.7 Å². The Hall–Kier alpha value is -1.10. The van der Waals surface area contributed by atoms with Crippen LogP contribution in [0.15, 0.2) is 24.0 Å². The van der Waals surface area contributed by atoms with Crippen LogP contribution in [-0.4, -0.2) is 24.7 Å². The molecule has 0 saturated carbocycles. The van der Waals surface area contributed by atoms with Crippen molar-refractivity contribution < 1.29 is 23.1 Å². The van der Waals surface area contributed by atoms with Crippen molar-refractivity contribution in [2.75, 3.05) is 6.61 Å². The molecule has 6 nitrogen and oxygen atoms in total. The highest BCUT2D eigenvalue weighted by molar-refractivity contribution is 7.51. The average Bonchev–Trinajstić information content (AvgIpc) is 2.35. The summed E-state index contributed by atoms with van der Waals surface area (Å²) in [5.41, 5.74) is 0. The molecule has 21 heavy (non-hydrogen) atoms. The molecule has 0 aromatic heterocycles. The number of allylic oxidation sites excluding steroid dienone is 4. The largest absolute Gasteiger partial charge is 0.462 e. The average molecular weight is 319 g/mol. The Balaban J connectivity index is 4.87. The van der Waals surface area contributed by atoms with E-state index in [-0.39, 0.29) is 12.7 Å². The molecular formula is C14H26NO5P. The summed E-state index contributed by atoms with van der Waals surface area (Å²) in [5.74, 6) is -0.0922. The molecule has 2 atom stereocenters. The number of ether oxygens (including phenoxy) is 1. The molecule has 0 saturated heterocycles. The van der Waals surface area contributed by atoms with E-state index in [1.54, 1.807) is 46.8 Å². The van der Waals surface area contributed by atoms with Crippen LogP contribution in [0.3, 0.4) is 0 Å². The van der Waals surface area contributed by atoms with Crippen molar-refractivity contribution >= 4 is 13.7 Å². The van der Waals surface area contributed by atoms with Crippen LogP contribution in [0.25, 0.3) is 0 Å². The zero-order valence-corrected chi connectivity index (χ0v) is 14.5. The van der Waals surface area contributed by atoms with Crippen molar-refractivity contribution in [3.63, 3.8) is 0 Å². The second-order valence-corrected chi connectivity index (χ2v) is 6.34. The Bertz CT molecular complexity index is 431. The summed E-state index contributed by atoms with van der Waals surface area (Å²) in [6.07, 6.45) is 4.98. The van der Waals surface area contributed by atoms with E-state index in [1.807, 2.05) is 13.0 Å². The van der Waals surface area contributed by atoms with E-state index in [4.69, 9.17) is 13.8 Å². The highest BCUT2D eigenvalue weighted by Crippen LogP contribution is 2.46. The van der Waals surface area contributed by atoms with Gasteiger partial charge in [0.1, 0.15) is 11.8 Å². The van der Waals surface area contributed by atoms with Gasteiger partial charge in [-0.3, -0.25) is 9.32 Å². The molecule has 2 unspecified atom stereocenters. The van der Waals surface area contributed by atoms with Crippen LogP contribution in [-0.2, 0) is 23.1 Å². The zero-order chi connectivity index (χ0) is 16.5. The first-order valence-electron chi connectivity index (χ1n) is 6.96. The SMILES string of the molecule is C/C=C\C=C(/C)OP(=O)(NC(C)C(=O)OC(C)C)OCC. The molecule has 0 fully saturated rings. The molecule has 0 heterocycles. The first-order valence-corrected chi connectivity index (χ1v) is 8.50. The Labute approximate surface area is 127 Å². The predicted octanol–water partition coefficient (Wildman–Crippen LogP) is 3.56. The number of nitrogens with one attached hydrogen (secondary N) is 1. The monoisotopic (exact) mass is 319 g/mol. The standard InChI is InChI=1S/C14H26NO5P/c1-7-9-10-12(5)20-21(17,18-8-2)15-13(6)14(16)19-11(3)4/h7,9-11,13H,8H2,1-6H3,(H,15,17)/b9-7-,12-10+. The zero-order valence-electron chi connectivity index (χ0n) is 13.6. The van der Waals surface area contributed by atoms with Gasteiger partial charge in [0.2, 0.25) is 0 Å². The molecule has 0 aliphatic carbocycles. The minimum absolute atomic E-state index is 0.188. The van der Waals surface area contributed by atoms with Crippen LogP contribution < -0.4 is 5.09 Å². The highest BCUT2D eigenvalue weighted by atomic mass is 31.2. The third-order valence-electron chi connectivity index (χ3n) is 2.14. The minimum atomic E-state index is -3.62. The summed E-state index contributed by atoms with van der Waals surface area (Å²) < 4.78 is 28.1. The summed E-state index contributed by atoms with van der Waals surface area (Å²) >= 11 is 0. The van der Waals surface area contributed by atoms with Crippen LogP contribution >= 0.6 is 7.75 Å². The van der Waals surface area contributed by atoms with Gasteiger partial charge in [-0.15, -0.1) is 0 Å². The fourth-order valence-corrected chi connectivity index (χ4v) is 2.88. The van der Waals surface area contributed by atoms with Gasteiger partial charge in [-0.25, -0.2) is 4.57 Å². The molecule has 0 aromatic carbocycles. The Morgan fingerprint density at radius 1 is 1.33 bits per heavy atom. The molecule has 0 rings (SSSR count). The quantitative estimate of drug-likeness (QED) is 0.303.